The Bertz CT molecular complexity index is 915. The van der Waals surface area contributed by atoms with E-state index in [1.807, 2.05) is 24.3 Å². The highest BCUT2D eigenvalue weighted by Crippen LogP contribution is 2.31. The molecule has 0 fully saturated rings. The van der Waals surface area contributed by atoms with Crippen LogP contribution < -0.4 is 0 Å². The van der Waals surface area contributed by atoms with Gasteiger partial charge in [-0.1, -0.05) is 55.5 Å². The molecule has 0 spiro atoms. The Morgan fingerprint density at radius 1 is 1.08 bits per heavy atom. The van der Waals surface area contributed by atoms with Crippen molar-refractivity contribution in [3.8, 4) is 23.1 Å². The molecule has 0 unspecified atom stereocenters. The van der Waals surface area contributed by atoms with Crippen molar-refractivity contribution in [1.29, 1.82) is 0 Å². The number of fused-ring (bicyclic) bond motifs is 1. The Hall–Kier alpha value is -1.86. The summed E-state index contributed by atoms with van der Waals surface area (Å²) in [5.41, 5.74) is 3.17. The van der Waals surface area contributed by atoms with Gasteiger partial charge in [0.15, 0.2) is 0 Å². The maximum Gasteiger partial charge on any atom is 0.0919 e. The summed E-state index contributed by atoms with van der Waals surface area (Å²) in [6.07, 6.45) is 2.06. The van der Waals surface area contributed by atoms with Crippen molar-refractivity contribution >= 4 is 33.2 Å². The minimum atomic E-state index is 0.742. The first-order valence-corrected chi connectivity index (χ1v) is 10.2. The van der Waals surface area contributed by atoms with Crippen molar-refractivity contribution in [1.82, 2.24) is 9.27 Å². The van der Waals surface area contributed by atoms with Crippen LogP contribution in [0.15, 0.2) is 42.5 Å². The summed E-state index contributed by atoms with van der Waals surface area (Å²) in [4.78, 5) is 2.43. The van der Waals surface area contributed by atoms with Gasteiger partial charge in [0, 0.05) is 28.0 Å². The summed E-state index contributed by atoms with van der Waals surface area (Å²) in [6.45, 7) is 7.76. The smallest absolute Gasteiger partial charge is 0.0919 e. The summed E-state index contributed by atoms with van der Waals surface area (Å²) in [6, 6.07) is 14.2. The number of rotatable bonds is 6. The summed E-state index contributed by atoms with van der Waals surface area (Å²) >= 11 is 7.50. The van der Waals surface area contributed by atoms with E-state index in [9.17, 15) is 0 Å². The Balaban J connectivity index is 1.69. The van der Waals surface area contributed by atoms with Crippen molar-refractivity contribution < 1.29 is 0 Å². The fraction of sp³-hybridized carbons (Fsp3) is 0.318. The van der Waals surface area contributed by atoms with Crippen molar-refractivity contribution in [2.45, 2.75) is 26.7 Å². The van der Waals surface area contributed by atoms with Crippen molar-refractivity contribution in [3.05, 3.63) is 53.1 Å². The zero-order chi connectivity index (χ0) is 18.4. The summed E-state index contributed by atoms with van der Waals surface area (Å²) in [5.74, 6) is 6.60. The molecule has 0 aliphatic carbocycles. The normalized spacial score (nSPS) is 10.9. The first-order valence-electron chi connectivity index (χ1n) is 9.08. The SMILES string of the molecule is CCN(CC)CCCC#Cc1ccc2c(-c3ccc(Cl)cc3)nsc2c1. The molecule has 26 heavy (non-hydrogen) atoms. The minimum Gasteiger partial charge on any atom is -0.304 e. The molecule has 0 atom stereocenters. The lowest BCUT2D eigenvalue weighted by Crippen LogP contribution is -2.23. The van der Waals surface area contributed by atoms with E-state index in [2.05, 4.69) is 53.2 Å². The van der Waals surface area contributed by atoms with Crippen LogP contribution in [0.5, 0.6) is 0 Å². The van der Waals surface area contributed by atoms with Crippen LogP contribution in [0, 0.1) is 11.8 Å². The molecule has 0 saturated heterocycles. The van der Waals surface area contributed by atoms with Crippen LogP contribution in [0.2, 0.25) is 5.02 Å². The molecule has 2 aromatic carbocycles. The lowest BCUT2D eigenvalue weighted by Gasteiger charge is -2.16. The second-order valence-electron chi connectivity index (χ2n) is 6.18. The molecule has 4 heteroatoms. The number of unbranched alkanes of at least 4 members (excludes halogenated alkanes) is 1. The summed E-state index contributed by atoms with van der Waals surface area (Å²) in [5, 5.41) is 1.91. The van der Waals surface area contributed by atoms with E-state index in [-0.39, 0.29) is 0 Å². The topological polar surface area (TPSA) is 16.1 Å². The van der Waals surface area contributed by atoms with Gasteiger partial charge in [-0.25, -0.2) is 0 Å². The molecule has 3 aromatic rings. The monoisotopic (exact) mass is 382 g/mol. The molecule has 0 aliphatic rings. The molecule has 134 valence electrons. The molecule has 3 rings (SSSR count). The molecule has 0 N–H and O–H groups in total. The van der Waals surface area contributed by atoms with Crippen LogP contribution in [-0.2, 0) is 0 Å². The van der Waals surface area contributed by atoms with E-state index in [1.54, 1.807) is 0 Å². The van der Waals surface area contributed by atoms with Crippen LogP contribution in [-0.4, -0.2) is 28.9 Å². The standard InChI is InChI=1S/C22H23ClN2S/c1-3-25(4-2)15-7-5-6-8-17-9-14-20-21(16-17)26-24-22(20)18-10-12-19(23)13-11-18/h9-14,16H,3-5,7,15H2,1-2H3. The number of hydrogen-bond donors (Lipinski definition) is 0. The maximum atomic E-state index is 5.98. The van der Waals surface area contributed by atoms with Gasteiger partial charge in [-0.3, -0.25) is 0 Å². The third-order valence-corrected chi connectivity index (χ3v) is 5.55. The van der Waals surface area contributed by atoms with Crippen LogP contribution in [0.3, 0.4) is 0 Å². The van der Waals surface area contributed by atoms with E-state index < -0.39 is 0 Å². The quantitative estimate of drug-likeness (QED) is 0.378. The van der Waals surface area contributed by atoms with Crippen LogP contribution in [0.1, 0.15) is 32.3 Å². The second kappa shape index (κ2) is 9.19. The Kier molecular flexibility index (Phi) is 6.68. The largest absolute Gasteiger partial charge is 0.304 e. The van der Waals surface area contributed by atoms with Gasteiger partial charge in [0.05, 0.1) is 10.4 Å². The van der Waals surface area contributed by atoms with Gasteiger partial charge in [-0.2, -0.15) is 4.37 Å². The molecule has 0 radical (unpaired) electrons. The van der Waals surface area contributed by atoms with Gasteiger partial charge in [0.1, 0.15) is 0 Å². The number of aromatic nitrogens is 1. The minimum absolute atomic E-state index is 0.742. The highest BCUT2D eigenvalue weighted by Gasteiger charge is 2.08. The van der Waals surface area contributed by atoms with E-state index in [4.69, 9.17) is 11.6 Å². The van der Waals surface area contributed by atoms with Crippen molar-refractivity contribution in [3.63, 3.8) is 0 Å². The molecular formula is C22H23ClN2S. The predicted octanol–water partition coefficient (Wildman–Crippen LogP) is 6.09. The first kappa shape index (κ1) is 18.9. The van der Waals surface area contributed by atoms with Crippen LogP contribution in [0.4, 0.5) is 0 Å². The lowest BCUT2D eigenvalue weighted by molar-refractivity contribution is 0.301. The Labute approximate surface area is 165 Å². The molecular weight excluding hydrogens is 360 g/mol. The third kappa shape index (κ3) is 4.65. The zero-order valence-corrected chi connectivity index (χ0v) is 16.8. The van der Waals surface area contributed by atoms with Crippen LogP contribution >= 0.6 is 23.1 Å². The lowest BCUT2D eigenvalue weighted by atomic mass is 10.1. The fourth-order valence-electron chi connectivity index (χ4n) is 2.93. The average Bonchev–Trinajstić information content (AvgIpc) is 3.08. The molecule has 0 aliphatic heterocycles. The molecule has 1 aromatic heterocycles. The third-order valence-electron chi connectivity index (χ3n) is 4.49. The molecule has 0 bridgehead atoms. The fourth-order valence-corrected chi connectivity index (χ4v) is 3.89. The number of hydrogen-bond acceptors (Lipinski definition) is 3. The highest BCUT2D eigenvalue weighted by molar-refractivity contribution is 7.13. The van der Waals surface area contributed by atoms with Crippen molar-refractivity contribution in [2.24, 2.45) is 0 Å². The zero-order valence-electron chi connectivity index (χ0n) is 15.3. The van der Waals surface area contributed by atoms with Gasteiger partial charge >= 0.3 is 0 Å². The number of halogens is 1. The number of nitrogens with zero attached hydrogens (tertiary/aromatic N) is 2. The molecule has 1 heterocycles. The van der Waals surface area contributed by atoms with E-state index in [1.165, 1.54) is 21.6 Å². The maximum absolute atomic E-state index is 5.98. The van der Waals surface area contributed by atoms with Crippen LogP contribution in [0.25, 0.3) is 21.3 Å². The van der Waals surface area contributed by atoms with E-state index in [0.29, 0.717) is 0 Å². The second-order valence-corrected chi connectivity index (χ2v) is 7.42. The molecule has 2 nitrogen and oxygen atoms in total. The summed E-state index contributed by atoms with van der Waals surface area (Å²) in [7, 11) is 0. The van der Waals surface area contributed by atoms with E-state index >= 15 is 0 Å². The van der Waals surface area contributed by atoms with Gasteiger partial charge in [0.25, 0.3) is 0 Å². The van der Waals surface area contributed by atoms with Gasteiger partial charge in [-0.05, 0) is 61.9 Å². The van der Waals surface area contributed by atoms with Gasteiger partial charge in [-0.15, -0.1) is 0 Å². The Morgan fingerprint density at radius 3 is 2.58 bits per heavy atom. The predicted molar refractivity (Wildman–Crippen MR) is 114 cm³/mol. The van der Waals surface area contributed by atoms with Crippen molar-refractivity contribution in [2.75, 3.05) is 19.6 Å². The molecule has 0 saturated carbocycles. The average molecular weight is 383 g/mol. The number of benzene rings is 2. The van der Waals surface area contributed by atoms with Gasteiger partial charge < -0.3 is 4.90 Å². The molecule has 0 amide bonds. The first-order chi connectivity index (χ1) is 12.7. The highest BCUT2D eigenvalue weighted by atomic mass is 35.5. The summed E-state index contributed by atoms with van der Waals surface area (Å²) < 4.78 is 5.80. The van der Waals surface area contributed by atoms with E-state index in [0.717, 1.165) is 54.3 Å². The van der Waals surface area contributed by atoms with Gasteiger partial charge in [0.2, 0.25) is 0 Å². The Morgan fingerprint density at radius 2 is 1.85 bits per heavy atom.